The molecule has 0 aliphatic carbocycles. The van der Waals surface area contributed by atoms with Crippen LogP contribution in [0.5, 0.6) is 0 Å². The van der Waals surface area contributed by atoms with Gasteiger partial charge in [-0.3, -0.25) is 4.79 Å². The molecule has 0 spiro atoms. The summed E-state index contributed by atoms with van der Waals surface area (Å²) >= 11 is 0. The highest BCUT2D eigenvalue weighted by Gasteiger charge is 2.17. The van der Waals surface area contributed by atoms with Crippen LogP contribution in [0.3, 0.4) is 0 Å². The molecule has 1 rings (SSSR count). The molecule has 0 radical (unpaired) electrons. The maximum Gasteiger partial charge on any atom is 0.254 e. The first kappa shape index (κ1) is 13.4. The molecule has 5 heteroatoms. The van der Waals surface area contributed by atoms with Gasteiger partial charge in [-0.15, -0.1) is 0 Å². The molecule has 17 heavy (non-hydrogen) atoms. The van der Waals surface area contributed by atoms with Gasteiger partial charge in [-0.2, -0.15) is 0 Å². The van der Waals surface area contributed by atoms with Crippen molar-refractivity contribution in [2.45, 2.75) is 26.3 Å². The largest absolute Gasteiger partial charge is 0.399 e. The number of halogens is 1. The molecule has 1 aromatic rings. The molecule has 0 heterocycles. The summed E-state index contributed by atoms with van der Waals surface area (Å²) in [6.07, 6.45) is 0.575. The van der Waals surface area contributed by atoms with Gasteiger partial charge < -0.3 is 16.2 Å². The summed E-state index contributed by atoms with van der Waals surface area (Å²) in [5.74, 6) is -1.14. The molecule has 4 nitrogen and oxygen atoms in total. The van der Waals surface area contributed by atoms with Gasteiger partial charge in [-0.25, -0.2) is 4.39 Å². The minimum atomic E-state index is -0.579. The van der Waals surface area contributed by atoms with Gasteiger partial charge in [0, 0.05) is 5.69 Å². The number of aliphatic hydroxyl groups excluding tert-OH is 1. The number of amides is 1. The number of benzene rings is 1. The van der Waals surface area contributed by atoms with Crippen LogP contribution in [0.25, 0.3) is 0 Å². The van der Waals surface area contributed by atoms with Gasteiger partial charge in [0.1, 0.15) is 5.82 Å². The number of nitrogen functional groups attached to an aromatic ring is 1. The van der Waals surface area contributed by atoms with Crippen LogP contribution in [0.15, 0.2) is 12.1 Å². The van der Waals surface area contributed by atoms with Crippen LogP contribution in [-0.4, -0.2) is 23.7 Å². The molecule has 4 N–H and O–H groups in total. The van der Waals surface area contributed by atoms with Crippen molar-refractivity contribution in [3.8, 4) is 0 Å². The van der Waals surface area contributed by atoms with Crippen molar-refractivity contribution in [2.75, 3.05) is 12.3 Å². The topological polar surface area (TPSA) is 75.3 Å². The molecule has 0 unspecified atom stereocenters. The van der Waals surface area contributed by atoms with Crippen LogP contribution in [-0.2, 0) is 0 Å². The van der Waals surface area contributed by atoms with E-state index in [0.717, 1.165) is 0 Å². The van der Waals surface area contributed by atoms with Crippen molar-refractivity contribution in [3.05, 3.63) is 29.1 Å². The minimum absolute atomic E-state index is 0.0885. The van der Waals surface area contributed by atoms with E-state index in [4.69, 9.17) is 10.8 Å². The summed E-state index contributed by atoms with van der Waals surface area (Å²) in [4.78, 5) is 11.8. The van der Waals surface area contributed by atoms with Crippen molar-refractivity contribution >= 4 is 11.6 Å². The number of carbonyl (C=O) groups excluding carboxylic acids is 1. The second kappa shape index (κ2) is 5.63. The summed E-state index contributed by atoms with van der Waals surface area (Å²) in [6.45, 7) is 3.19. The molecule has 0 saturated heterocycles. The molecular formula is C12H17FN2O2. The molecule has 0 aliphatic rings. The van der Waals surface area contributed by atoms with Gasteiger partial charge in [-0.05, 0) is 31.0 Å². The van der Waals surface area contributed by atoms with Gasteiger partial charge in [0.15, 0.2) is 0 Å². The van der Waals surface area contributed by atoms with E-state index in [-0.39, 0.29) is 18.2 Å². The Hall–Kier alpha value is -1.62. The molecule has 0 aliphatic heterocycles. The lowest BCUT2D eigenvalue weighted by atomic mass is 10.1. The van der Waals surface area contributed by atoms with E-state index in [1.807, 2.05) is 6.92 Å². The van der Waals surface area contributed by atoms with E-state index >= 15 is 0 Å². The lowest BCUT2D eigenvalue weighted by molar-refractivity contribution is 0.0910. The Balaban J connectivity index is 2.96. The fourth-order valence-corrected chi connectivity index (χ4v) is 1.50. The number of nitrogens with two attached hydrogens (primary N) is 1. The van der Waals surface area contributed by atoms with Crippen molar-refractivity contribution in [2.24, 2.45) is 0 Å². The van der Waals surface area contributed by atoms with E-state index in [9.17, 15) is 9.18 Å². The van der Waals surface area contributed by atoms with Crippen LogP contribution in [0.2, 0.25) is 0 Å². The Bertz CT molecular complexity index is 417. The number of hydrogen-bond donors (Lipinski definition) is 3. The van der Waals surface area contributed by atoms with E-state index in [1.165, 1.54) is 12.1 Å². The van der Waals surface area contributed by atoms with Gasteiger partial charge in [0.05, 0.1) is 18.2 Å². The van der Waals surface area contributed by atoms with Gasteiger partial charge >= 0.3 is 0 Å². The number of nitrogens with one attached hydrogen (secondary N) is 1. The summed E-state index contributed by atoms with van der Waals surface area (Å²) in [5.41, 5.74) is 6.14. The average Bonchev–Trinajstić information content (AvgIpc) is 2.30. The summed E-state index contributed by atoms with van der Waals surface area (Å²) < 4.78 is 13.7. The number of rotatable bonds is 4. The maximum atomic E-state index is 13.7. The van der Waals surface area contributed by atoms with E-state index in [1.54, 1.807) is 6.92 Å². The third-order valence-electron chi connectivity index (χ3n) is 2.57. The fraction of sp³-hybridized carbons (Fsp3) is 0.417. The second-order valence-corrected chi connectivity index (χ2v) is 3.96. The summed E-state index contributed by atoms with van der Waals surface area (Å²) in [5, 5.41) is 11.5. The minimum Gasteiger partial charge on any atom is -0.399 e. The predicted octanol–water partition coefficient (Wildman–Crippen LogP) is 1.22. The van der Waals surface area contributed by atoms with Gasteiger partial charge in [0.2, 0.25) is 0 Å². The average molecular weight is 240 g/mol. The smallest absolute Gasteiger partial charge is 0.254 e. The zero-order valence-corrected chi connectivity index (χ0v) is 9.96. The Morgan fingerprint density at radius 1 is 1.59 bits per heavy atom. The van der Waals surface area contributed by atoms with E-state index < -0.39 is 11.7 Å². The fourth-order valence-electron chi connectivity index (χ4n) is 1.50. The molecule has 1 aromatic carbocycles. The van der Waals surface area contributed by atoms with E-state index in [0.29, 0.717) is 17.7 Å². The highest BCUT2D eigenvalue weighted by Crippen LogP contribution is 2.17. The number of aliphatic hydroxyl groups is 1. The van der Waals surface area contributed by atoms with Gasteiger partial charge in [-0.1, -0.05) is 6.92 Å². The van der Waals surface area contributed by atoms with E-state index in [2.05, 4.69) is 5.32 Å². The number of hydrogen-bond acceptors (Lipinski definition) is 3. The molecule has 1 amide bonds. The third-order valence-corrected chi connectivity index (χ3v) is 2.57. The molecule has 0 aromatic heterocycles. The molecule has 0 saturated carbocycles. The van der Waals surface area contributed by atoms with Crippen LogP contribution in [0.4, 0.5) is 10.1 Å². The van der Waals surface area contributed by atoms with Crippen LogP contribution in [0, 0.1) is 12.7 Å². The number of carbonyl (C=O) groups is 1. The van der Waals surface area contributed by atoms with Crippen molar-refractivity contribution < 1.29 is 14.3 Å². The molecule has 0 bridgehead atoms. The normalized spacial score (nSPS) is 12.2. The van der Waals surface area contributed by atoms with Crippen LogP contribution < -0.4 is 11.1 Å². The monoisotopic (exact) mass is 240 g/mol. The number of anilines is 1. The zero-order chi connectivity index (χ0) is 13.0. The number of aryl methyl sites for hydroxylation is 1. The first-order valence-corrected chi connectivity index (χ1v) is 5.46. The third kappa shape index (κ3) is 3.17. The second-order valence-electron chi connectivity index (χ2n) is 3.96. The SMILES string of the molecule is CC[C@H](CO)NC(=O)c1cc(N)cc(C)c1F. The van der Waals surface area contributed by atoms with Crippen molar-refractivity contribution in [1.82, 2.24) is 5.32 Å². The Morgan fingerprint density at radius 2 is 2.24 bits per heavy atom. The predicted molar refractivity (Wildman–Crippen MR) is 64.2 cm³/mol. The van der Waals surface area contributed by atoms with Gasteiger partial charge in [0.25, 0.3) is 5.91 Å². The first-order valence-electron chi connectivity index (χ1n) is 5.46. The van der Waals surface area contributed by atoms with Crippen molar-refractivity contribution in [3.63, 3.8) is 0 Å². The lowest BCUT2D eigenvalue weighted by Gasteiger charge is -2.15. The molecule has 0 fully saturated rings. The molecule has 94 valence electrons. The summed E-state index contributed by atoms with van der Waals surface area (Å²) in [6, 6.07) is 2.39. The molecular weight excluding hydrogens is 223 g/mol. The van der Waals surface area contributed by atoms with Crippen LogP contribution in [0.1, 0.15) is 29.3 Å². The Labute approximate surface area is 99.6 Å². The Kier molecular flexibility index (Phi) is 4.45. The maximum absolute atomic E-state index is 13.7. The summed E-state index contributed by atoms with van der Waals surface area (Å²) in [7, 11) is 0. The quantitative estimate of drug-likeness (QED) is 0.692. The first-order chi connectivity index (χ1) is 7.99. The lowest BCUT2D eigenvalue weighted by Crippen LogP contribution is -2.37. The highest BCUT2D eigenvalue weighted by atomic mass is 19.1. The zero-order valence-electron chi connectivity index (χ0n) is 9.96. The molecule has 1 atom stereocenters. The Morgan fingerprint density at radius 3 is 2.76 bits per heavy atom. The van der Waals surface area contributed by atoms with Crippen LogP contribution >= 0.6 is 0 Å². The standard InChI is InChI=1S/C12H17FN2O2/c1-3-9(6-16)15-12(17)10-5-8(14)4-7(2)11(10)13/h4-5,9,16H,3,6,14H2,1-2H3,(H,15,17)/t9-/m1/s1. The highest BCUT2D eigenvalue weighted by molar-refractivity contribution is 5.95. The van der Waals surface area contributed by atoms with Crippen molar-refractivity contribution in [1.29, 1.82) is 0 Å².